The summed E-state index contributed by atoms with van der Waals surface area (Å²) in [4.78, 5) is 22.1. The van der Waals surface area contributed by atoms with Gasteiger partial charge in [0.15, 0.2) is 0 Å². The van der Waals surface area contributed by atoms with Crippen molar-refractivity contribution in [2.45, 2.75) is 6.54 Å². The van der Waals surface area contributed by atoms with Gasteiger partial charge in [0.2, 0.25) is 0 Å². The van der Waals surface area contributed by atoms with Crippen LogP contribution in [0.1, 0.15) is 15.9 Å². The maximum atomic E-state index is 12.0. The second-order valence-corrected chi connectivity index (χ2v) is 4.53. The first-order chi connectivity index (χ1) is 9.47. The lowest BCUT2D eigenvalue weighted by Gasteiger charge is -2.05. The number of amides is 1. The molecule has 2 aromatic rings. The highest BCUT2D eigenvalue weighted by molar-refractivity contribution is 6.33. The predicted octanol–water partition coefficient (Wildman–Crippen LogP) is 1.91. The van der Waals surface area contributed by atoms with Crippen LogP contribution in [-0.2, 0) is 13.6 Å². The molecule has 2 rings (SSSR count). The number of benzene rings is 1. The van der Waals surface area contributed by atoms with Gasteiger partial charge < -0.3 is 5.32 Å². The number of carbonyl (C=O) groups excluding carboxylic acids is 1. The molecule has 7 nitrogen and oxygen atoms in total. The Hall–Kier alpha value is -2.41. The van der Waals surface area contributed by atoms with Crippen molar-refractivity contribution in [3.8, 4) is 0 Å². The molecule has 1 N–H and O–H groups in total. The Bertz CT molecular complexity index is 668. The van der Waals surface area contributed by atoms with E-state index >= 15 is 0 Å². The summed E-state index contributed by atoms with van der Waals surface area (Å²) >= 11 is 5.88. The van der Waals surface area contributed by atoms with Gasteiger partial charge in [-0.2, -0.15) is 5.10 Å². The molecule has 1 aromatic heterocycles. The number of carbonyl (C=O) groups is 1. The first kappa shape index (κ1) is 14.0. The van der Waals surface area contributed by atoms with E-state index in [0.29, 0.717) is 0 Å². The summed E-state index contributed by atoms with van der Waals surface area (Å²) in [6, 6.07) is 3.74. The van der Waals surface area contributed by atoms with Crippen LogP contribution >= 0.6 is 11.6 Å². The van der Waals surface area contributed by atoms with Crippen LogP contribution < -0.4 is 5.32 Å². The quantitative estimate of drug-likeness (QED) is 0.689. The summed E-state index contributed by atoms with van der Waals surface area (Å²) in [5.74, 6) is -0.470. The highest BCUT2D eigenvalue weighted by Gasteiger charge is 2.15. The van der Waals surface area contributed by atoms with Gasteiger partial charge >= 0.3 is 0 Å². The Balaban J connectivity index is 2.12. The van der Waals surface area contributed by atoms with E-state index in [9.17, 15) is 14.9 Å². The first-order valence-corrected chi connectivity index (χ1v) is 6.05. The number of aryl methyl sites for hydroxylation is 1. The molecule has 0 bridgehead atoms. The number of halogens is 1. The molecule has 1 heterocycles. The zero-order chi connectivity index (χ0) is 14.7. The Kier molecular flexibility index (Phi) is 3.99. The fourth-order valence-corrected chi connectivity index (χ4v) is 1.84. The number of non-ortho nitro benzene ring substituents is 1. The van der Waals surface area contributed by atoms with Crippen molar-refractivity contribution < 1.29 is 9.72 Å². The number of hydrogen-bond donors (Lipinski definition) is 1. The van der Waals surface area contributed by atoms with Crippen molar-refractivity contribution in [3.05, 3.63) is 56.9 Å². The van der Waals surface area contributed by atoms with Crippen molar-refractivity contribution in [3.63, 3.8) is 0 Å². The second-order valence-electron chi connectivity index (χ2n) is 4.13. The number of rotatable bonds is 4. The van der Waals surface area contributed by atoms with Crippen LogP contribution in [0.15, 0.2) is 30.6 Å². The number of nitro groups is 1. The van der Waals surface area contributed by atoms with E-state index in [1.807, 2.05) is 0 Å². The lowest BCUT2D eigenvalue weighted by Crippen LogP contribution is -2.23. The van der Waals surface area contributed by atoms with Crippen LogP contribution in [0.3, 0.4) is 0 Å². The first-order valence-electron chi connectivity index (χ1n) is 5.67. The minimum atomic E-state index is -0.575. The monoisotopic (exact) mass is 294 g/mol. The van der Waals surface area contributed by atoms with Crippen molar-refractivity contribution in [2.75, 3.05) is 0 Å². The molecule has 0 atom stereocenters. The number of nitro benzene ring substituents is 1. The van der Waals surface area contributed by atoms with Crippen molar-refractivity contribution >= 4 is 23.2 Å². The Morgan fingerprint density at radius 3 is 2.90 bits per heavy atom. The zero-order valence-corrected chi connectivity index (χ0v) is 11.3. The average Bonchev–Trinajstić information content (AvgIpc) is 2.82. The molecule has 104 valence electrons. The van der Waals surface area contributed by atoms with Crippen LogP contribution in [0, 0.1) is 10.1 Å². The molecular weight excluding hydrogens is 284 g/mol. The van der Waals surface area contributed by atoms with Gasteiger partial charge in [-0.25, -0.2) is 0 Å². The van der Waals surface area contributed by atoms with Gasteiger partial charge in [0.25, 0.3) is 11.6 Å². The van der Waals surface area contributed by atoms with E-state index in [4.69, 9.17) is 11.6 Å². The third kappa shape index (κ3) is 3.12. The van der Waals surface area contributed by atoms with E-state index in [1.54, 1.807) is 24.1 Å². The minimum Gasteiger partial charge on any atom is -0.348 e. The van der Waals surface area contributed by atoms with E-state index in [0.717, 1.165) is 11.6 Å². The molecule has 0 radical (unpaired) electrons. The van der Waals surface area contributed by atoms with Crippen molar-refractivity contribution in [1.29, 1.82) is 0 Å². The SMILES string of the molecule is Cn1cc(CNC(=O)c2cc([N+](=O)[O-])ccc2Cl)cn1. The molecule has 1 aromatic carbocycles. The highest BCUT2D eigenvalue weighted by atomic mass is 35.5. The predicted molar refractivity (Wildman–Crippen MR) is 72.5 cm³/mol. The van der Waals surface area contributed by atoms with Crippen LogP contribution in [0.4, 0.5) is 5.69 Å². The maximum Gasteiger partial charge on any atom is 0.270 e. The van der Waals surface area contributed by atoms with Crippen LogP contribution in [0.5, 0.6) is 0 Å². The summed E-state index contributed by atoms with van der Waals surface area (Å²) in [5.41, 5.74) is 0.716. The maximum absolute atomic E-state index is 12.0. The molecule has 0 fully saturated rings. The smallest absolute Gasteiger partial charge is 0.270 e. The van der Waals surface area contributed by atoms with Gasteiger partial charge in [-0.05, 0) is 6.07 Å². The average molecular weight is 295 g/mol. The van der Waals surface area contributed by atoms with Gasteiger partial charge in [0.05, 0.1) is 21.7 Å². The third-order valence-electron chi connectivity index (χ3n) is 2.62. The Morgan fingerprint density at radius 2 is 2.30 bits per heavy atom. The molecule has 0 spiro atoms. The molecule has 1 amide bonds. The largest absolute Gasteiger partial charge is 0.348 e. The fraction of sp³-hybridized carbons (Fsp3) is 0.167. The second kappa shape index (κ2) is 5.70. The molecule has 0 aliphatic carbocycles. The lowest BCUT2D eigenvalue weighted by atomic mass is 10.2. The Labute approximate surface area is 119 Å². The number of nitrogens with one attached hydrogen (secondary N) is 1. The summed E-state index contributed by atoms with van der Waals surface area (Å²) in [6.07, 6.45) is 3.38. The standard InChI is InChI=1S/C12H11ClN4O3/c1-16-7-8(6-15-16)5-14-12(18)10-4-9(17(19)20)2-3-11(10)13/h2-4,6-7H,5H2,1H3,(H,14,18). The fourth-order valence-electron chi connectivity index (χ4n) is 1.64. The summed E-state index contributed by atoms with van der Waals surface area (Å²) < 4.78 is 1.61. The third-order valence-corrected chi connectivity index (χ3v) is 2.95. The normalized spacial score (nSPS) is 10.3. The van der Waals surface area contributed by atoms with Gasteiger partial charge in [-0.1, -0.05) is 11.6 Å². The lowest BCUT2D eigenvalue weighted by molar-refractivity contribution is -0.384. The van der Waals surface area contributed by atoms with E-state index in [-0.39, 0.29) is 22.8 Å². The van der Waals surface area contributed by atoms with Gasteiger partial charge in [0, 0.05) is 37.5 Å². The number of aromatic nitrogens is 2. The Morgan fingerprint density at radius 1 is 1.55 bits per heavy atom. The molecule has 0 saturated heterocycles. The van der Waals surface area contributed by atoms with Gasteiger partial charge in [-0.15, -0.1) is 0 Å². The molecule has 0 unspecified atom stereocenters. The van der Waals surface area contributed by atoms with Crippen molar-refractivity contribution in [2.24, 2.45) is 7.05 Å². The van der Waals surface area contributed by atoms with E-state index in [2.05, 4.69) is 10.4 Å². The molecule has 0 aliphatic rings. The molecule has 0 aliphatic heterocycles. The minimum absolute atomic E-state index is 0.0738. The summed E-state index contributed by atoms with van der Waals surface area (Å²) in [5, 5.41) is 17.5. The van der Waals surface area contributed by atoms with E-state index < -0.39 is 10.8 Å². The van der Waals surface area contributed by atoms with Gasteiger partial charge in [0.1, 0.15) is 0 Å². The van der Waals surface area contributed by atoms with E-state index in [1.165, 1.54) is 12.1 Å². The topological polar surface area (TPSA) is 90.1 Å². The van der Waals surface area contributed by atoms with Crippen LogP contribution in [-0.4, -0.2) is 20.6 Å². The van der Waals surface area contributed by atoms with Crippen LogP contribution in [0.2, 0.25) is 5.02 Å². The van der Waals surface area contributed by atoms with Crippen LogP contribution in [0.25, 0.3) is 0 Å². The zero-order valence-electron chi connectivity index (χ0n) is 10.5. The highest BCUT2D eigenvalue weighted by Crippen LogP contribution is 2.21. The molecule has 8 heteroatoms. The number of hydrogen-bond acceptors (Lipinski definition) is 4. The van der Waals surface area contributed by atoms with Crippen molar-refractivity contribution in [1.82, 2.24) is 15.1 Å². The number of nitrogens with zero attached hydrogens (tertiary/aromatic N) is 3. The molecule has 0 saturated carbocycles. The molecular formula is C12H11ClN4O3. The summed E-state index contributed by atoms with van der Waals surface area (Å²) in [7, 11) is 1.77. The molecule has 20 heavy (non-hydrogen) atoms. The summed E-state index contributed by atoms with van der Waals surface area (Å²) in [6.45, 7) is 0.270. The van der Waals surface area contributed by atoms with Gasteiger partial charge in [-0.3, -0.25) is 19.6 Å².